The molecular formula is C10H20N2S2. The quantitative estimate of drug-likeness (QED) is 0.752. The third-order valence-electron chi connectivity index (χ3n) is 3.18. The van der Waals surface area contributed by atoms with E-state index in [0.717, 1.165) is 25.9 Å². The Morgan fingerprint density at radius 2 is 1.93 bits per heavy atom. The van der Waals surface area contributed by atoms with Gasteiger partial charge in [0.05, 0.1) is 9.74 Å². The lowest BCUT2D eigenvalue weighted by atomic mass is 9.95. The molecular weight excluding hydrogens is 212 g/mol. The molecule has 0 bridgehead atoms. The van der Waals surface area contributed by atoms with Crippen LogP contribution in [0.25, 0.3) is 0 Å². The number of rotatable bonds is 3. The smallest absolute Gasteiger partial charge is 0.0891 e. The highest BCUT2D eigenvalue weighted by Crippen LogP contribution is 2.35. The fourth-order valence-corrected chi connectivity index (χ4v) is 3.20. The maximum absolute atomic E-state index is 5.83. The van der Waals surface area contributed by atoms with Gasteiger partial charge in [0, 0.05) is 19.1 Å². The summed E-state index contributed by atoms with van der Waals surface area (Å²) in [6.07, 6.45) is 4.31. The largest absolute Gasteiger partial charge is 0.392 e. The van der Waals surface area contributed by atoms with Crippen molar-refractivity contribution in [2.75, 3.05) is 19.3 Å². The molecule has 0 saturated carbocycles. The molecule has 0 aromatic rings. The first-order chi connectivity index (χ1) is 6.52. The van der Waals surface area contributed by atoms with Crippen LogP contribution in [0.3, 0.4) is 0 Å². The van der Waals surface area contributed by atoms with E-state index in [2.05, 4.69) is 25.0 Å². The van der Waals surface area contributed by atoms with Crippen molar-refractivity contribution < 1.29 is 0 Å². The van der Waals surface area contributed by atoms with Gasteiger partial charge in [-0.1, -0.05) is 12.2 Å². The van der Waals surface area contributed by atoms with Gasteiger partial charge in [0.1, 0.15) is 0 Å². The molecule has 1 aliphatic heterocycles. The van der Waals surface area contributed by atoms with E-state index in [4.69, 9.17) is 18.0 Å². The molecule has 0 aromatic heterocycles. The number of hydrogen-bond acceptors (Lipinski definition) is 3. The number of thioether (sulfide) groups is 1. The molecule has 1 aliphatic rings. The van der Waals surface area contributed by atoms with Crippen LogP contribution in [0.1, 0.15) is 26.7 Å². The number of piperidine rings is 1. The Kier molecular flexibility index (Phi) is 4.22. The van der Waals surface area contributed by atoms with Gasteiger partial charge in [0.2, 0.25) is 0 Å². The maximum atomic E-state index is 5.83. The third-order valence-corrected chi connectivity index (χ3v) is 5.11. The Bertz CT molecular complexity index is 208. The Hall–Kier alpha value is 0.200. The lowest BCUT2D eigenvalue weighted by Crippen LogP contribution is -2.50. The molecule has 1 heterocycles. The molecule has 4 heteroatoms. The second-order valence-corrected chi connectivity index (χ2v) is 5.82. The third kappa shape index (κ3) is 2.41. The molecule has 82 valence electrons. The van der Waals surface area contributed by atoms with Crippen molar-refractivity contribution in [2.24, 2.45) is 5.73 Å². The van der Waals surface area contributed by atoms with Crippen LogP contribution in [-0.4, -0.2) is 40.0 Å². The molecule has 0 atom stereocenters. The van der Waals surface area contributed by atoms with Crippen molar-refractivity contribution in [3.05, 3.63) is 0 Å². The molecule has 0 aromatic carbocycles. The summed E-state index contributed by atoms with van der Waals surface area (Å²) >= 11 is 6.99. The number of likely N-dealkylation sites (tertiary alicyclic amines) is 1. The molecule has 1 rings (SSSR count). The predicted molar refractivity (Wildman–Crippen MR) is 69.0 cm³/mol. The highest BCUT2D eigenvalue weighted by molar-refractivity contribution is 8.01. The summed E-state index contributed by atoms with van der Waals surface area (Å²) in [7, 11) is 0. The van der Waals surface area contributed by atoms with Gasteiger partial charge in [-0.3, -0.25) is 0 Å². The first-order valence-corrected chi connectivity index (χ1v) is 6.74. The second-order valence-electron chi connectivity index (χ2n) is 4.19. The molecule has 1 saturated heterocycles. The number of hydrogen-bond donors (Lipinski definition) is 1. The van der Waals surface area contributed by atoms with E-state index in [9.17, 15) is 0 Å². The topological polar surface area (TPSA) is 29.3 Å². The lowest BCUT2D eigenvalue weighted by Gasteiger charge is -2.41. The van der Waals surface area contributed by atoms with Gasteiger partial charge < -0.3 is 10.6 Å². The van der Waals surface area contributed by atoms with Crippen molar-refractivity contribution in [3.63, 3.8) is 0 Å². The van der Waals surface area contributed by atoms with Crippen molar-refractivity contribution in [3.8, 4) is 0 Å². The molecule has 2 N–H and O–H groups in total. The Balaban J connectivity index is 2.59. The zero-order chi connectivity index (χ0) is 10.8. The fourth-order valence-electron chi connectivity index (χ4n) is 1.95. The van der Waals surface area contributed by atoms with Gasteiger partial charge in [0.25, 0.3) is 0 Å². The number of nitrogens with zero attached hydrogens (tertiary/aromatic N) is 1. The van der Waals surface area contributed by atoms with Crippen molar-refractivity contribution in [1.82, 2.24) is 4.90 Å². The van der Waals surface area contributed by atoms with Gasteiger partial charge in [-0.05, 0) is 32.9 Å². The van der Waals surface area contributed by atoms with Crippen LogP contribution >= 0.6 is 24.0 Å². The molecule has 2 nitrogen and oxygen atoms in total. The SMILES string of the molecule is CSC1(C(N)=S)CCN(C(C)C)CC1. The van der Waals surface area contributed by atoms with E-state index in [1.54, 1.807) is 0 Å². The van der Waals surface area contributed by atoms with E-state index in [0.29, 0.717) is 11.0 Å². The van der Waals surface area contributed by atoms with Crippen molar-refractivity contribution in [2.45, 2.75) is 37.5 Å². The highest BCUT2D eigenvalue weighted by Gasteiger charge is 2.36. The normalized spacial score (nSPS) is 22.6. The number of thiocarbonyl (C=S) groups is 1. The monoisotopic (exact) mass is 232 g/mol. The Morgan fingerprint density at radius 3 is 2.21 bits per heavy atom. The van der Waals surface area contributed by atoms with Gasteiger partial charge in [-0.25, -0.2) is 0 Å². The second kappa shape index (κ2) is 4.81. The van der Waals surface area contributed by atoms with E-state index in [1.165, 1.54) is 0 Å². The van der Waals surface area contributed by atoms with Crippen LogP contribution in [0.2, 0.25) is 0 Å². The van der Waals surface area contributed by atoms with Crippen LogP contribution in [-0.2, 0) is 0 Å². The standard InChI is InChI=1S/C10H20N2S2/c1-8(2)12-6-4-10(14-3,5-7-12)9(11)13/h8H,4-7H2,1-3H3,(H2,11,13). The minimum absolute atomic E-state index is 0.0702. The lowest BCUT2D eigenvalue weighted by molar-refractivity contribution is 0.178. The molecule has 0 radical (unpaired) electrons. The van der Waals surface area contributed by atoms with E-state index >= 15 is 0 Å². The minimum Gasteiger partial charge on any atom is -0.392 e. The molecule has 0 spiro atoms. The molecule has 14 heavy (non-hydrogen) atoms. The summed E-state index contributed by atoms with van der Waals surface area (Å²) in [5.74, 6) is 0. The van der Waals surface area contributed by atoms with E-state index in [1.807, 2.05) is 11.8 Å². The average molecular weight is 232 g/mol. The van der Waals surface area contributed by atoms with E-state index in [-0.39, 0.29) is 4.75 Å². The Morgan fingerprint density at radius 1 is 1.43 bits per heavy atom. The summed E-state index contributed by atoms with van der Waals surface area (Å²) in [5.41, 5.74) is 5.83. The number of nitrogens with two attached hydrogens (primary N) is 1. The minimum atomic E-state index is 0.0702. The average Bonchev–Trinajstić information content (AvgIpc) is 2.17. The summed E-state index contributed by atoms with van der Waals surface area (Å²) in [6, 6.07) is 0.640. The van der Waals surface area contributed by atoms with Crippen LogP contribution in [0.4, 0.5) is 0 Å². The molecule has 1 fully saturated rings. The first kappa shape index (κ1) is 12.3. The fraction of sp³-hybridized carbons (Fsp3) is 0.900. The summed E-state index contributed by atoms with van der Waals surface area (Å²) < 4.78 is 0.0702. The predicted octanol–water partition coefficient (Wildman–Crippen LogP) is 1.88. The van der Waals surface area contributed by atoms with Crippen LogP contribution < -0.4 is 5.73 Å². The zero-order valence-corrected chi connectivity index (χ0v) is 10.9. The molecule has 0 amide bonds. The summed E-state index contributed by atoms with van der Waals surface area (Å²) in [4.78, 5) is 3.18. The first-order valence-electron chi connectivity index (χ1n) is 5.11. The maximum Gasteiger partial charge on any atom is 0.0891 e. The van der Waals surface area contributed by atoms with Crippen LogP contribution in [0.5, 0.6) is 0 Å². The van der Waals surface area contributed by atoms with Crippen molar-refractivity contribution >= 4 is 29.0 Å². The van der Waals surface area contributed by atoms with Gasteiger partial charge in [-0.2, -0.15) is 11.8 Å². The van der Waals surface area contributed by atoms with Gasteiger partial charge in [0.15, 0.2) is 0 Å². The van der Waals surface area contributed by atoms with E-state index < -0.39 is 0 Å². The highest BCUT2D eigenvalue weighted by atomic mass is 32.2. The van der Waals surface area contributed by atoms with Gasteiger partial charge in [-0.15, -0.1) is 0 Å². The van der Waals surface area contributed by atoms with Crippen molar-refractivity contribution in [1.29, 1.82) is 0 Å². The molecule has 0 unspecified atom stereocenters. The molecule has 0 aliphatic carbocycles. The van der Waals surface area contributed by atoms with Crippen LogP contribution in [0.15, 0.2) is 0 Å². The summed E-state index contributed by atoms with van der Waals surface area (Å²) in [5, 5.41) is 0. The van der Waals surface area contributed by atoms with Crippen LogP contribution in [0, 0.1) is 0 Å². The summed E-state index contributed by atoms with van der Waals surface area (Å²) in [6.45, 7) is 6.73. The van der Waals surface area contributed by atoms with Gasteiger partial charge >= 0.3 is 0 Å². The zero-order valence-electron chi connectivity index (χ0n) is 9.25. The Labute approximate surface area is 96.6 Å².